The van der Waals surface area contributed by atoms with Gasteiger partial charge in [-0.2, -0.15) is 8.78 Å². The molecule has 0 atom stereocenters. The van der Waals surface area contributed by atoms with Gasteiger partial charge in [-0.05, 0) is 64.6 Å². The summed E-state index contributed by atoms with van der Waals surface area (Å²) in [6.07, 6.45) is 4.85. The zero-order valence-corrected chi connectivity index (χ0v) is 17.8. The molecule has 4 rings (SSSR count). The second-order valence-electron chi connectivity index (χ2n) is 7.97. The van der Waals surface area contributed by atoms with E-state index in [1.165, 1.54) is 18.2 Å². The summed E-state index contributed by atoms with van der Waals surface area (Å²) >= 11 is 0. The number of unbranched alkanes of at least 4 members (excludes halogenated alkanes) is 3. The summed E-state index contributed by atoms with van der Waals surface area (Å²) in [5.74, 6) is -0.782. The highest BCUT2D eigenvalue weighted by Crippen LogP contribution is 2.34. The van der Waals surface area contributed by atoms with Crippen LogP contribution >= 0.6 is 0 Å². The first-order valence-corrected chi connectivity index (χ1v) is 10.9. The average molecular weight is 440 g/mol. The maximum atomic E-state index is 15.1. The van der Waals surface area contributed by atoms with E-state index in [-0.39, 0.29) is 11.6 Å². The molecule has 0 aliphatic heterocycles. The quantitative estimate of drug-likeness (QED) is 0.151. The number of ether oxygens (including phenoxy) is 1. The van der Waals surface area contributed by atoms with E-state index in [1.807, 2.05) is 12.1 Å². The van der Waals surface area contributed by atoms with Crippen molar-refractivity contribution in [2.45, 2.75) is 45.6 Å². The van der Waals surface area contributed by atoms with Crippen molar-refractivity contribution in [3.05, 3.63) is 77.9 Å². The van der Waals surface area contributed by atoms with Gasteiger partial charge in [0.25, 0.3) is 0 Å². The molecule has 0 heterocycles. The second kappa shape index (κ2) is 9.60. The highest BCUT2D eigenvalue weighted by molar-refractivity contribution is 6.09. The van der Waals surface area contributed by atoms with Gasteiger partial charge < -0.3 is 4.74 Å². The fourth-order valence-corrected chi connectivity index (χ4v) is 4.14. The number of aryl methyl sites for hydroxylation is 1. The number of hydrogen-bond donors (Lipinski definition) is 0. The third-order valence-electron chi connectivity index (χ3n) is 5.81. The summed E-state index contributed by atoms with van der Waals surface area (Å²) in [6, 6.07) is 16.4. The van der Waals surface area contributed by atoms with E-state index in [2.05, 4.69) is 11.7 Å². The number of hydrogen-bond acceptors (Lipinski definition) is 1. The van der Waals surface area contributed by atoms with Gasteiger partial charge >= 0.3 is 6.61 Å². The summed E-state index contributed by atoms with van der Waals surface area (Å²) in [5, 5.41) is 1.99. The van der Waals surface area contributed by atoms with Crippen LogP contribution in [0.2, 0.25) is 0 Å². The van der Waals surface area contributed by atoms with E-state index in [0.717, 1.165) is 36.8 Å². The minimum atomic E-state index is -2.89. The molecular formula is C27H24F4O. The molecule has 166 valence electrons. The fraction of sp³-hybridized carbons (Fsp3) is 0.259. The van der Waals surface area contributed by atoms with E-state index < -0.39 is 12.4 Å². The second-order valence-corrected chi connectivity index (χ2v) is 7.97. The lowest BCUT2D eigenvalue weighted by Gasteiger charge is -2.12. The van der Waals surface area contributed by atoms with Crippen molar-refractivity contribution in [2.75, 3.05) is 0 Å². The number of halogens is 4. The van der Waals surface area contributed by atoms with Crippen molar-refractivity contribution in [3.8, 4) is 16.9 Å². The minimum Gasteiger partial charge on any atom is -0.435 e. The van der Waals surface area contributed by atoms with Gasteiger partial charge in [0.15, 0.2) is 0 Å². The van der Waals surface area contributed by atoms with E-state index >= 15 is 8.78 Å². The summed E-state index contributed by atoms with van der Waals surface area (Å²) in [7, 11) is 0. The molecule has 4 aromatic rings. The van der Waals surface area contributed by atoms with Crippen LogP contribution in [0.3, 0.4) is 0 Å². The Balaban J connectivity index is 1.70. The first-order valence-electron chi connectivity index (χ1n) is 10.9. The number of fused-ring (bicyclic) bond motifs is 3. The van der Waals surface area contributed by atoms with Crippen molar-refractivity contribution < 1.29 is 22.3 Å². The molecule has 0 aliphatic rings. The Kier molecular flexibility index (Phi) is 6.63. The van der Waals surface area contributed by atoms with Crippen molar-refractivity contribution >= 4 is 21.5 Å². The zero-order valence-electron chi connectivity index (χ0n) is 17.8. The van der Waals surface area contributed by atoms with Gasteiger partial charge in [0.2, 0.25) is 0 Å². The van der Waals surface area contributed by atoms with Gasteiger partial charge in [-0.3, -0.25) is 0 Å². The lowest BCUT2D eigenvalue weighted by Crippen LogP contribution is -2.01. The summed E-state index contributed by atoms with van der Waals surface area (Å²) in [5.41, 5.74) is 2.09. The molecule has 0 aromatic heterocycles. The summed E-state index contributed by atoms with van der Waals surface area (Å²) < 4.78 is 59.2. The average Bonchev–Trinajstić information content (AvgIpc) is 2.78. The normalized spacial score (nSPS) is 11.6. The molecule has 0 bridgehead atoms. The summed E-state index contributed by atoms with van der Waals surface area (Å²) in [6.45, 7) is -0.756. The minimum absolute atomic E-state index is 0.0580. The van der Waals surface area contributed by atoms with Gasteiger partial charge in [0.05, 0.1) is 0 Å². The number of rotatable bonds is 8. The molecule has 5 heteroatoms. The fourth-order valence-electron chi connectivity index (χ4n) is 4.14. The molecule has 0 N–H and O–H groups in total. The van der Waals surface area contributed by atoms with Gasteiger partial charge in [0, 0.05) is 10.8 Å². The van der Waals surface area contributed by atoms with Crippen LogP contribution in [0.4, 0.5) is 17.6 Å². The molecule has 1 nitrogen and oxygen atoms in total. The molecule has 4 aromatic carbocycles. The van der Waals surface area contributed by atoms with Gasteiger partial charge in [-0.1, -0.05) is 62.6 Å². The Labute approximate surface area is 184 Å². The maximum absolute atomic E-state index is 15.1. The predicted molar refractivity (Wildman–Crippen MR) is 121 cm³/mol. The largest absolute Gasteiger partial charge is 0.435 e. The van der Waals surface area contributed by atoms with Crippen molar-refractivity contribution in [1.29, 1.82) is 0 Å². The number of alkyl halides is 2. The number of benzene rings is 4. The van der Waals surface area contributed by atoms with Crippen molar-refractivity contribution in [3.63, 3.8) is 0 Å². The molecule has 32 heavy (non-hydrogen) atoms. The Morgan fingerprint density at radius 1 is 0.719 bits per heavy atom. The van der Waals surface area contributed by atoms with Crippen LogP contribution in [-0.2, 0) is 6.42 Å². The maximum Gasteiger partial charge on any atom is 0.387 e. The Morgan fingerprint density at radius 2 is 1.41 bits per heavy atom. The van der Waals surface area contributed by atoms with Gasteiger partial charge in [-0.15, -0.1) is 0 Å². The van der Waals surface area contributed by atoms with Crippen LogP contribution in [0.15, 0.2) is 60.7 Å². The standard InChI is InChI=1S/C27H24F4O/c1-2-3-4-5-6-18-9-13-22-21-14-10-19(15-23(21)25(28)16-24(22)26(18)29)17-7-11-20(12-8-17)32-27(30)31/h7-16,27H,2-6H2,1H3. The van der Waals surface area contributed by atoms with Crippen LogP contribution in [0.25, 0.3) is 32.7 Å². The van der Waals surface area contributed by atoms with E-state index in [4.69, 9.17) is 0 Å². The Hall–Kier alpha value is -3.08. The zero-order chi connectivity index (χ0) is 22.7. The lowest BCUT2D eigenvalue weighted by atomic mass is 9.94. The van der Waals surface area contributed by atoms with Crippen molar-refractivity contribution in [1.82, 2.24) is 0 Å². The topological polar surface area (TPSA) is 9.23 Å². The third kappa shape index (κ3) is 4.57. The van der Waals surface area contributed by atoms with E-state index in [1.54, 1.807) is 30.3 Å². The molecule has 0 fully saturated rings. The van der Waals surface area contributed by atoms with Gasteiger partial charge in [-0.25, -0.2) is 8.78 Å². The highest BCUT2D eigenvalue weighted by Gasteiger charge is 2.14. The molecule has 0 aliphatic carbocycles. The molecule has 0 saturated heterocycles. The first-order chi connectivity index (χ1) is 15.5. The Morgan fingerprint density at radius 3 is 2.12 bits per heavy atom. The smallest absolute Gasteiger partial charge is 0.387 e. The lowest BCUT2D eigenvalue weighted by molar-refractivity contribution is -0.0498. The SMILES string of the molecule is CCCCCCc1ccc2c(cc(F)c3cc(-c4ccc(OC(F)F)cc4)ccc32)c1F. The molecule has 0 unspecified atom stereocenters. The molecule has 0 amide bonds. The summed E-state index contributed by atoms with van der Waals surface area (Å²) in [4.78, 5) is 0. The highest BCUT2D eigenvalue weighted by atomic mass is 19.3. The molecule has 0 spiro atoms. The molecular weight excluding hydrogens is 416 g/mol. The van der Waals surface area contributed by atoms with Crippen LogP contribution in [0, 0.1) is 11.6 Å². The third-order valence-corrected chi connectivity index (χ3v) is 5.81. The van der Waals surface area contributed by atoms with Crippen LogP contribution in [0.1, 0.15) is 38.2 Å². The van der Waals surface area contributed by atoms with Crippen molar-refractivity contribution in [2.24, 2.45) is 0 Å². The Bertz CT molecular complexity index is 1230. The van der Waals surface area contributed by atoms with Crippen LogP contribution in [0.5, 0.6) is 5.75 Å². The van der Waals surface area contributed by atoms with E-state index in [0.29, 0.717) is 33.5 Å². The molecule has 0 saturated carbocycles. The van der Waals surface area contributed by atoms with Crippen LogP contribution < -0.4 is 4.74 Å². The van der Waals surface area contributed by atoms with Gasteiger partial charge in [0.1, 0.15) is 17.4 Å². The monoisotopic (exact) mass is 440 g/mol. The van der Waals surface area contributed by atoms with Crippen LogP contribution in [-0.4, -0.2) is 6.61 Å². The molecule has 0 radical (unpaired) electrons. The predicted octanol–water partition coefficient (Wildman–Crippen LogP) is 8.66. The van der Waals surface area contributed by atoms with E-state index in [9.17, 15) is 8.78 Å². The first kappa shape index (κ1) is 22.1.